The van der Waals surface area contributed by atoms with E-state index in [9.17, 15) is 9.59 Å². The summed E-state index contributed by atoms with van der Waals surface area (Å²) in [7, 11) is 1.61. The van der Waals surface area contributed by atoms with E-state index in [1.54, 1.807) is 7.11 Å². The van der Waals surface area contributed by atoms with Gasteiger partial charge in [0.25, 0.3) is 0 Å². The number of esters is 1. The first kappa shape index (κ1) is 24.6. The van der Waals surface area contributed by atoms with Crippen LogP contribution in [0.3, 0.4) is 0 Å². The van der Waals surface area contributed by atoms with Crippen LogP contribution in [0.15, 0.2) is 71.1 Å². The summed E-state index contributed by atoms with van der Waals surface area (Å²) in [6.45, 7) is 8.70. The van der Waals surface area contributed by atoms with Crippen molar-refractivity contribution in [3.63, 3.8) is 0 Å². The Morgan fingerprint density at radius 3 is 2.31 bits per heavy atom. The maximum atomic E-state index is 13.5. The van der Waals surface area contributed by atoms with Crippen LogP contribution in [0.1, 0.15) is 57.6 Å². The quantitative estimate of drug-likeness (QED) is 0.538. The molecule has 4 rings (SSSR count). The Kier molecular flexibility index (Phi) is 7.01. The third-order valence-electron chi connectivity index (χ3n) is 6.51. The van der Waals surface area contributed by atoms with Gasteiger partial charge in [-0.1, -0.05) is 38.1 Å². The monoisotopic (exact) mass is 475 g/mol. The van der Waals surface area contributed by atoms with Gasteiger partial charge in [0.1, 0.15) is 18.1 Å². The summed E-state index contributed by atoms with van der Waals surface area (Å²) >= 11 is 0. The van der Waals surface area contributed by atoms with Crippen molar-refractivity contribution >= 4 is 11.8 Å². The van der Waals surface area contributed by atoms with Crippen LogP contribution in [0.4, 0.5) is 0 Å². The topological polar surface area (TPSA) is 73.9 Å². The normalized spacial score (nSPS) is 19.1. The number of Topliss-reactive ketones (excluding diaryl/α,β-unsaturated/α-hetero) is 1. The fourth-order valence-electron chi connectivity index (χ4n) is 4.91. The highest BCUT2D eigenvalue weighted by Gasteiger charge is 2.43. The molecule has 2 aromatic carbocycles. The van der Waals surface area contributed by atoms with Crippen molar-refractivity contribution in [3.05, 3.63) is 82.2 Å². The molecular formula is C29H33NO5. The zero-order valence-corrected chi connectivity index (χ0v) is 21.1. The fourth-order valence-corrected chi connectivity index (χ4v) is 4.91. The van der Waals surface area contributed by atoms with Crippen molar-refractivity contribution < 1.29 is 23.8 Å². The number of benzene rings is 2. The average Bonchev–Trinajstić information content (AvgIpc) is 2.82. The van der Waals surface area contributed by atoms with E-state index in [1.165, 1.54) is 0 Å². The van der Waals surface area contributed by atoms with Gasteiger partial charge in [0.15, 0.2) is 5.78 Å². The fraction of sp³-hybridized carbons (Fsp3) is 0.379. The third-order valence-corrected chi connectivity index (χ3v) is 6.51. The highest BCUT2D eigenvalue weighted by molar-refractivity contribution is 6.04. The highest BCUT2D eigenvalue weighted by Crippen LogP contribution is 2.47. The second-order valence-electron chi connectivity index (χ2n) is 9.86. The molecular weight excluding hydrogens is 442 g/mol. The molecule has 0 saturated heterocycles. The Balaban J connectivity index is 1.68. The Morgan fingerprint density at radius 2 is 1.69 bits per heavy atom. The largest absolute Gasteiger partial charge is 0.497 e. The minimum atomic E-state index is -0.492. The lowest BCUT2D eigenvalue weighted by molar-refractivity contribution is -0.140. The Labute approximate surface area is 207 Å². The maximum Gasteiger partial charge on any atom is 0.337 e. The van der Waals surface area contributed by atoms with Gasteiger partial charge in [-0.05, 0) is 61.1 Å². The van der Waals surface area contributed by atoms with Crippen LogP contribution in [-0.4, -0.2) is 25.5 Å². The molecule has 0 radical (unpaired) electrons. The van der Waals surface area contributed by atoms with Crippen molar-refractivity contribution in [1.29, 1.82) is 0 Å². The Hall–Kier alpha value is -3.54. The standard InChI is InChI=1S/C29H33NO5/c1-6-34-22-13-9-20(10-14-22)26-25(28(32)35-17-19-7-11-21(33-5)12-8-19)18(2)30-23-15-29(3,4)16-24(31)27(23)26/h7-14,26,30H,6,15-17H2,1-5H3/t26-/m0/s1. The number of carbonyl (C=O) groups is 2. The molecule has 1 atom stereocenters. The summed E-state index contributed by atoms with van der Waals surface area (Å²) in [4.78, 5) is 26.9. The van der Waals surface area contributed by atoms with Gasteiger partial charge in [0.2, 0.25) is 0 Å². The van der Waals surface area contributed by atoms with Gasteiger partial charge in [-0.15, -0.1) is 0 Å². The molecule has 0 saturated carbocycles. The van der Waals surface area contributed by atoms with Gasteiger partial charge in [-0.2, -0.15) is 0 Å². The summed E-state index contributed by atoms with van der Waals surface area (Å²) in [6.07, 6.45) is 1.18. The van der Waals surface area contributed by atoms with Gasteiger partial charge in [0, 0.05) is 29.3 Å². The molecule has 0 fully saturated rings. The number of hydrogen-bond donors (Lipinski definition) is 1. The summed E-state index contributed by atoms with van der Waals surface area (Å²) in [6, 6.07) is 15.0. The van der Waals surface area contributed by atoms with Crippen LogP contribution in [0.5, 0.6) is 11.5 Å². The second-order valence-corrected chi connectivity index (χ2v) is 9.86. The Morgan fingerprint density at radius 1 is 1.03 bits per heavy atom. The summed E-state index contributed by atoms with van der Waals surface area (Å²) in [5, 5.41) is 3.38. The molecule has 1 N–H and O–H groups in total. The number of rotatable bonds is 7. The van der Waals surface area contributed by atoms with Crippen LogP contribution >= 0.6 is 0 Å². The first-order chi connectivity index (χ1) is 16.7. The van der Waals surface area contributed by atoms with Crippen LogP contribution < -0.4 is 14.8 Å². The third kappa shape index (κ3) is 5.26. The minimum absolute atomic E-state index is 0.0654. The smallest absolute Gasteiger partial charge is 0.337 e. The van der Waals surface area contributed by atoms with Crippen molar-refractivity contribution in [2.45, 2.75) is 53.1 Å². The van der Waals surface area contributed by atoms with Crippen molar-refractivity contribution in [1.82, 2.24) is 5.32 Å². The SMILES string of the molecule is CCOc1ccc([C@H]2C(C(=O)OCc3ccc(OC)cc3)=C(C)NC3=C2C(=O)CC(C)(C)C3)cc1. The molecule has 0 aromatic heterocycles. The molecule has 2 aliphatic rings. The number of carbonyl (C=O) groups excluding carboxylic acids is 2. The van der Waals surface area contributed by atoms with Gasteiger partial charge in [0.05, 0.1) is 19.3 Å². The van der Waals surface area contributed by atoms with E-state index in [0.717, 1.165) is 34.7 Å². The van der Waals surface area contributed by atoms with Crippen molar-refractivity contribution in [2.24, 2.45) is 5.41 Å². The number of methoxy groups -OCH3 is 1. The van der Waals surface area contributed by atoms with Crippen LogP contribution in [0, 0.1) is 5.41 Å². The summed E-state index contributed by atoms with van der Waals surface area (Å²) < 4.78 is 16.5. The molecule has 0 amide bonds. The van der Waals surface area contributed by atoms with E-state index < -0.39 is 11.9 Å². The minimum Gasteiger partial charge on any atom is -0.497 e. The zero-order valence-electron chi connectivity index (χ0n) is 21.1. The lowest BCUT2D eigenvalue weighted by atomic mass is 9.68. The molecule has 2 aromatic rings. The van der Waals surface area contributed by atoms with Crippen molar-refractivity contribution in [3.8, 4) is 11.5 Å². The van der Waals surface area contributed by atoms with Crippen LogP contribution in [0.2, 0.25) is 0 Å². The predicted octanol–water partition coefficient (Wildman–Crippen LogP) is 5.44. The second kappa shape index (κ2) is 9.98. The zero-order chi connectivity index (χ0) is 25.2. The van der Waals surface area contributed by atoms with E-state index in [0.29, 0.717) is 29.9 Å². The van der Waals surface area contributed by atoms with E-state index in [-0.39, 0.29) is 17.8 Å². The van der Waals surface area contributed by atoms with Gasteiger partial charge < -0.3 is 19.5 Å². The van der Waals surface area contributed by atoms with Crippen molar-refractivity contribution in [2.75, 3.05) is 13.7 Å². The first-order valence-electron chi connectivity index (χ1n) is 12.0. The average molecular weight is 476 g/mol. The maximum absolute atomic E-state index is 13.5. The summed E-state index contributed by atoms with van der Waals surface area (Å²) in [5.41, 5.74) is 4.33. The number of ether oxygens (including phenoxy) is 3. The molecule has 0 bridgehead atoms. The molecule has 1 aliphatic carbocycles. The number of allylic oxidation sites excluding steroid dienone is 3. The molecule has 1 heterocycles. The number of dihydropyridines is 1. The molecule has 0 spiro atoms. The Bertz CT molecular complexity index is 1170. The predicted molar refractivity (Wildman–Crippen MR) is 134 cm³/mol. The van der Waals surface area contributed by atoms with Crippen LogP contribution in [-0.2, 0) is 20.9 Å². The van der Waals surface area contributed by atoms with Gasteiger partial charge in [-0.3, -0.25) is 4.79 Å². The summed E-state index contributed by atoms with van der Waals surface area (Å²) in [5.74, 6) is 0.627. The van der Waals surface area contributed by atoms with Gasteiger partial charge >= 0.3 is 5.97 Å². The van der Waals surface area contributed by atoms with Gasteiger partial charge in [-0.25, -0.2) is 4.79 Å². The van der Waals surface area contributed by atoms with Crippen LogP contribution in [0.25, 0.3) is 0 Å². The lowest BCUT2D eigenvalue weighted by Gasteiger charge is -2.39. The van der Waals surface area contributed by atoms with E-state index in [2.05, 4.69) is 19.2 Å². The molecule has 184 valence electrons. The number of hydrogen-bond acceptors (Lipinski definition) is 6. The number of nitrogens with one attached hydrogen (secondary N) is 1. The molecule has 0 unspecified atom stereocenters. The van der Waals surface area contributed by atoms with E-state index in [1.807, 2.05) is 62.4 Å². The first-order valence-corrected chi connectivity index (χ1v) is 12.0. The highest BCUT2D eigenvalue weighted by atomic mass is 16.5. The van der Waals surface area contributed by atoms with E-state index >= 15 is 0 Å². The molecule has 6 nitrogen and oxygen atoms in total. The number of ketones is 1. The molecule has 35 heavy (non-hydrogen) atoms. The van der Waals surface area contributed by atoms with E-state index in [4.69, 9.17) is 14.2 Å². The molecule has 6 heteroatoms. The lowest BCUT2D eigenvalue weighted by Crippen LogP contribution is -2.38. The molecule has 1 aliphatic heterocycles.